The van der Waals surface area contributed by atoms with Crippen molar-refractivity contribution in [2.24, 2.45) is 0 Å². The number of amides is 2. The van der Waals surface area contributed by atoms with Crippen LogP contribution in [0.15, 0.2) is 34.9 Å². The second kappa shape index (κ2) is 7.26. The molecule has 1 N–H and O–H groups in total. The number of aromatic nitrogens is 2. The van der Waals surface area contributed by atoms with Gasteiger partial charge >= 0.3 is 6.03 Å². The third kappa shape index (κ3) is 4.09. The highest BCUT2D eigenvalue weighted by Gasteiger charge is 2.28. The van der Waals surface area contributed by atoms with Crippen molar-refractivity contribution in [3.8, 4) is 0 Å². The van der Waals surface area contributed by atoms with Crippen LogP contribution in [0, 0.1) is 6.92 Å². The Balaban J connectivity index is 1.49. The molecule has 1 fully saturated rings. The summed E-state index contributed by atoms with van der Waals surface area (Å²) in [6.07, 6.45) is 2.78. The Morgan fingerprint density at radius 1 is 1.39 bits per heavy atom. The van der Waals surface area contributed by atoms with Gasteiger partial charge in [-0.1, -0.05) is 35.5 Å². The van der Waals surface area contributed by atoms with Gasteiger partial charge < -0.3 is 14.7 Å². The summed E-state index contributed by atoms with van der Waals surface area (Å²) in [6.45, 7) is 3.87. The van der Waals surface area contributed by atoms with Crippen molar-refractivity contribution in [3.05, 3.63) is 47.6 Å². The van der Waals surface area contributed by atoms with Crippen LogP contribution in [0.5, 0.6) is 0 Å². The number of hydrogen-bond donors (Lipinski definition) is 1. The highest BCUT2D eigenvalue weighted by molar-refractivity contribution is 5.74. The van der Waals surface area contributed by atoms with E-state index in [1.54, 1.807) is 0 Å². The molecule has 0 saturated carbocycles. The Morgan fingerprint density at radius 2 is 2.22 bits per heavy atom. The Bertz CT molecular complexity index is 641. The van der Waals surface area contributed by atoms with Gasteiger partial charge in [0.2, 0.25) is 5.89 Å². The van der Waals surface area contributed by atoms with Crippen molar-refractivity contribution in [2.75, 3.05) is 19.6 Å². The monoisotopic (exact) mass is 314 g/mol. The fourth-order valence-electron chi connectivity index (χ4n) is 2.91. The summed E-state index contributed by atoms with van der Waals surface area (Å²) in [7, 11) is 0. The van der Waals surface area contributed by atoms with Crippen LogP contribution in [0.25, 0.3) is 0 Å². The maximum absolute atomic E-state index is 12.3. The minimum atomic E-state index is -0.0122. The van der Waals surface area contributed by atoms with E-state index >= 15 is 0 Å². The normalized spacial score (nSPS) is 18.0. The topological polar surface area (TPSA) is 71.3 Å². The van der Waals surface area contributed by atoms with Crippen LogP contribution in [-0.2, 0) is 6.42 Å². The molecule has 1 aromatic heterocycles. The molecule has 0 spiro atoms. The molecule has 2 heterocycles. The molecule has 1 atom stereocenters. The molecule has 3 rings (SSSR count). The van der Waals surface area contributed by atoms with Gasteiger partial charge in [-0.2, -0.15) is 4.98 Å². The van der Waals surface area contributed by atoms with E-state index in [4.69, 9.17) is 4.52 Å². The number of piperidine rings is 1. The third-order valence-electron chi connectivity index (χ3n) is 4.13. The zero-order valence-electron chi connectivity index (χ0n) is 13.4. The summed E-state index contributed by atoms with van der Waals surface area (Å²) in [5.41, 5.74) is 1.23. The lowest BCUT2D eigenvalue weighted by Crippen LogP contribution is -2.45. The van der Waals surface area contributed by atoms with Gasteiger partial charge in [-0.15, -0.1) is 0 Å². The molecule has 0 unspecified atom stereocenters. The van der Waals surface area contributed by atoms with Crippen molar-refractivity contribution in [1.82, 2.24) is 20.4 Å². The summed E-state index contributed by atoms with van der Waals surface area (Å²) in [6, 6.07) is 10.1. The summed E-state index contributed by atoms with van der Waals surface area (Å²) in [5, 5.41) is 6.84. The van der Waals surface area contributed by atoms with Gasteiger partial charge in [-0.05, 0) is 31.7 Å². The molecule has 2 aromatic rings. The van der Waals surface area contributed by atoms with Gasteiger partial charge in [-0.25, -0.2) is 4.79 Å². The van der Waals surface area contributed by atoms with E-state index in [1.165, 1.54) is 5.56 Å². The standard InChI is InChI=1S/C17H22N4O2/c1-13-19-16(23-20-13)15-8-5-11-21(12-15)17(22)18-10-9-14-6-3-2-4-7-14/h2-4,6-7,15H,5,8-12H2,1H3,(H,18,22)/t15-/m1/s1. The number of benzene rings is 1. The lowest BCUT2D eigenvalue weighted by Gasteiger charge is -2.31. The van der Waals surface area contributed by atoms with Crippen molar-refractivity contribution in [1.29, 1.82) is 0 Å². The maximum atomic E-state index is 12.3. The van der Waals surface area contributed by atoms with Crippen LogP contribution in [0.1, 0.15) is 36.0 Å². The van der Waals surface area contributed by atoms with Crippen LogP contribution >= 0.6 is 0 Å². The first-order chi connectivity index (χ1) is 11.2. The maximum Gasteiger partial charge on any atom is 0.317 e. The van der Waals surface area contributed by atoms with E-state index in [0.717, 1.165) is 25.8 Å². The Kier molecular flexibility index (Phi) is 4.90. The molecule has 1 aromatic carbocycles. The predicted molar refractivity (Wildman–Crippen MR) is 86.1 cm³/mol. The minimum absolute atomic E-state index is 0.0122. The van der Waals surface area contributed by atoms with Gasteiger partial charge in [0, 0.05) is 19.6 Å². The minimum Gasteiger partial charge on any atom is -0.339 e. The van der Waals surface area contributed by atoms with Crippen LogP contribution < -0.4 is 5.32 Å². The predicted octanol–water partition coefficient (Wildman–Crippen LogP) is 2.51. The van der Waals surface area contributed by atoms with Gasteiger partial charge in [-0.3, -0.25) is 0 Å². The molecule has 2 amide bonds. The molecule has 6 nitrogen and oxygen atoms in total. The van der Waals surface area contributed by atoms with Crippen LogP contribution in [0.3, 0.4) is 0 Å². The number of carbonyl (C=O) groups excluding carboxylic acids is 1. The largest absolute Gasteiger partial charge is 0.339 e. The van der Waals surface area contributed by atoms with Crippen molar-refractivity contribution in [2.45, 2.75) is 32.1 Å². The molecule has 23 heavy (non-hydrogen) atoms. The fraction of sp³-hybridized carbons (Fsp3) is 0.471. The van der Waals surface area contributed by atoms with E-state index < -0.39 is 0 Å². The highest BCUT2D eigenvalue weighted by Crippen LogP contribution is 2.25. The Morgan fingerprint density at radius 3 is 2.96 bits per heavy atom. The molecular formula is C17H22N4O2. The number of rotatable bonds is 4. The molecule has 1 aliphatic heterocycles. The number of carbonyl (C=O) groups is 1. The summed E-state index contributed by atoms with van der Waals surface area (Å²) in [4.78, 5) is 18.5. The number of hydrogen-bond acceptors (Lipinski definition) is 4. The smallest absolute Gasteiger partial charge is 0.317 e. The Hall–Kier alpha value is -2.37. The van der Waals surface area contributed by atoms with E-state index in [-0.39, 0.29) is 11.9 Å². The second-order valence-corrected chi connectivity index (χ2v) is 5.93. The molecule has 0 radical (unpaired) electrons. The van der Waals surface area contributed by atoms with Crippen molar-refractivity contribution >= 4 is 6.03 Å². The average molecular weight is 314 g/mol. The van der Waals surface area contributed by atoms with Gasteiger partial charge in [0.15, 0.2) is 5.82 Å². The second-order valence-electron chi connectivity index (χ2n) is 5.93. The fourth-order valence-corrected chi connectivity index (χ4v) is 2.91. The first-order valence-corrected chi connectivity index (χ1v) is 8.09. The first kappa shape index (κ1) is 15.5. The van der Waals surface area contributed by atoms with E-state index in [0.29, 0.717) is 24.8 Å². The molecule has 1 aliphatic rings. The zero-order chi connectivity index (χ0) is 16.1. The molecule has 0 bridgehead atoms. The van der Waals surface area contributed by atoms with Gasteiger partial charge in [0.25, 0.3) is 0 Å². The summed E-state index contributed by atoms with van der Waals surface area (Å²) < 4.78 is 5.25. The molecule has 0 aliphatic carbocycles. The van der Waals surface area contributed by atoms with Crippen LogP contribution in [-0.4, -0.2) is 40.7 Å². The van der Waals surface area contributed by atoms with Gasteiger partial charge in [0.1, 0.15) is 0 Å². The van der Waals surface area contributed by atoms with Gasteiger partial charge in [0.05, 0.1) is 5.92 Å². The number of urea groups is 1. The van der Waals surface area contributed by atoms with Crippen LogP contribution in [0.2, 0.25) is 0 Å². The lowest BCUT2D eigenvalue weighted by atomic mass is 9.98. The molecule has 122 valence electrons. The molecular weight excluding hydrogens is 292 g/mol. The Labute approximate surface area is 135 Å². The lowest BCUT2D eigenvalue weighted by molar-refractivity contribution is 0.172. The van der Waals surface area contributed by atoms with Crippen molar-refractivity contribution in [3.63, 3.8) is 0 Å². The molecule has 1 saturated heterocycles. The van der Waals surface area contributed by atoms with Crippen LogP contribution in [0.4, 0.5) is 4.79 Å². The summed E-state index contributed by atoms with van der Waals surface area (Å²) in [5.74, 6) is 1.43. The first-order valence-electron chi connectivity index (χ1n) is 8.09. The number of likely N-dealkylation sites (tertiary alicyclic amines) is 1. The number of nitrogens with one attached hydrogen (secondary N) is 1. The summed E-state index contributed by atoms with van der Waals surface area (Å²) >= 11 is 0. The average Bonchev–Trinajstić information content (AvgIpc) is 3.02. The molecule has 6 heteroatoms. The van der Waals surface area contributed by atoms with Crippen molar-refractivity contribution < 1.29 is 9.32 Å². The van der Waals surface area contributed by atoms with E-state index in [2.05, 4.69) is 27.6 Å². The third-order valence-corrected chi connectivity index (χ3v) is 4.13. The highest BCUT2D eigenvalue weighted by atomic mass is 16.5. The number of nitrogens with zero attached hydrogens (tertiary/aromatic N) is 3. The quantitative estimate of drug-likeness (QED) is 0.941. The SMILES string of the molecule is Cc1noc([C@@H]2CCCN(C(=O)NCCc3ccccc3)C2)n1. The van der Waals surface area contributed by atoms with E-state index in [1.807, 2.05) is 30.0 Å². The number of aryl methyl sites for hydroxylation is 1. The van der Waals surface area contributed by atoms with E-state index in [9.17, 15) is 4.79 Å². The zero-order valence-corrected chi connectivity index (χ0v) is 13.4.